The molecule has 0 spiro atoms. The standard InChI is InChI=1S/C17H33N/c1-12(2)15(3,4)11-18-14-10-13-8-9-17(14,7)16(13,5)6/h12-14,18H,8-11H2,1-7H3. The highest BCUT2D eigenvalue weighted by Crippen LogP contribution is 2.65. The molecule has 18 heavy (non-hydrogen) atoms. The Morgan fingerprint density at radius 3 is 2.22 bits per heavy atom. The van der Waals surface area contributed by atoms with Gasteiger partial charge in [0.15, 0.2) is 0 Å². The summed E-state index contributed by atoms with van der Waals surface area (Å²) in [5.41, 5.74) is 1.46. The lowest BCUT2D eigenvalue weighted by Gasteiger charge is -2.41. The molecule has 1 N–H and O–H groups in total. The zero-order valence-corrected chi connectivity index (χ0v) is 13.6. The van der Waals surface area contributed by atoms with Crippen molar-refractivity contribution in [2.45, 2.75) is 73.8 Å². The molecule has 0 amide bonds. The molecule has 0 aliphatic heterocycles. The van der Waals surface area contributed by atoms with Crippen molar-refractivity contribution in [3.8, 4) is 0 Å². The molecule has 106 valence electrons. The van der Waals surface area contributed by atoms with Gasteiger partial charge in [-0.15, -0.1) is 0 Å². The maximum atomic E-state index is 3.93. The molecular weight excluding hydrogens is 218 g/mol. The molecule has 1 nitrogen and oxygen atoms in total. The summed E-state index contributed by atoms with van der Waals surface area (Å²) >= 11 is 0. The Morgan fingerprint density at radius 1 is 1.22 bits per heavy atom. The maximum Gasteiger partial charge on any atom is 0.0129 e. The van der Waals surface area contributed by atoms with E-state index in [0.717, 1.165) is 24.4 Å². The van der Waals surface area contributed by atoms with Gasteiger partial charge in [0.25, 0.3) is 0 Å². The number of nitrogens with one attached hydrogen (secondary N) is 1. The first-order chi connectivity index (χ1) is 8.11. The van der Waals surface area contributed by atoms with E-state index in [1.54, 1.807) is 0 Å². The van der Waals surface area contributed by atoms with Gasteiger partial charge < -0.3 is 5.32 Å². The van der Waals surface area contributed by atoms with Gasteiger partial charge in [0, 0.05) is 12.6 Å². The monoisotopic (exact) mass is 251 g/mol. The molecule has 0 aromatic heterocycles. The summed E-state index contributed by atoms with van der Waals surface area (Å²) in [7, 11) is 0. The van der Waals surface area contributed by atoms with Crippen molar-refractivity contribution in [2.24, 2.45) is 28.1 Å². The van der Waals surface area contributed by atoms with Crippen LogP contribution in [-0.4, -0.2) is 12.6 Å². The molecule has 2 bridgehead atoms. The van der Waals surface area contributed by atoms with Crippen LogP contribution in [0.15, 0.2) is 0 Å². The summed E-state index contributed by atoms with van der Waals surface area (Å²) < 4.78 is 0. The molecule has 2 aliphatic rings. The molecule has 0 aromatic rings. The van der Waals surface area contributed by atoms with Gasteiger partial charge in [-0.3, -0.25) is 0 Å². The van der Waals surface area contributed by atoms with Crippen molar-refractivity contribution in [1.29, 1.82) is 0 Å². The third kappa shape index (κ3) is 1.94. The maximum absolute atomic E-state index is 3.93. The van der Waals surface area contributed by atoms with Crippen LogP contribution in [0.5, 0.6) is 0 Å². The summed E-state index contributed by atoms with van der Waals surface area (Å²) in [5, 5.41) is 3.93. The molecule has 2 saturated carbocycles. The number of hydrogen-bond acceptors (Lipinski definition) is 1. The summed E-state index contributed by atoms with van der Waals surface area (Å²) in [6.45, 7) is 18.2. The van der Waals surface area contributed by atoms with E-state index in [2.05, 4.69) is 53.8 Å². The van der Waals surface area contributed by atoms with Gasteiger partial charge in [-0.05, 0) is 47.3 Å². The first-order valence-electron chi connectivity index (χ1n) is 7.84. The van der Waals surface area contributed by atoms with Crippen LogP contribution < -0.4 is 5.32 Å². The van der Waals surface area contributed by atoms with Gasteiger partial charge in [0.05, 0.1) is 0 Å². The highest BCUT2D eigenvalue weighted by Gasteiger charge is 2.61. The molecule has 0 radical (unpaired) electrons. The Kier molecular flexibility index (Phi) is 3.38. The van der Waals surface area contributed by atoms with Crippen LogP contribution >= 0.6 is 0 Å². The van der Waals surface area contributed by atoms with Gasteiger partial charge in [0.1, 0.15) is 0 Å². The Bertz CT molecular complexity index is 316. The summed E-state index contributed by atoms with van der Waals surface area (Å²) in [6, 6.07) is 0.740. The van der Waals surface area contributed by atoms with Gasteiger partial charge in [-0.25, -0.2) is 0 Å². The van der Waals surface area contributed by atoms with Crippen molar-refractivity contribution < 1.29 is 0 Å². The Morgan fingerprint density at radius 2 is 1.83 bits per heavy atom. The van der Waals surface area contributed by atoms with Crippen LogP contribution in [-0.2, 0) is 0 Å². The first kappa shape index (κ1) is 14.4. The van der Waals surface area contributed by atoms with Crippen LogP contribution in [0, 0.1) is 28.1 Å². The molecule has 1 heteroatoms. The minimum atomic E-state index is 0.405. The Labute approximate surface area is 114 Å². The average Bonchev–Trinajstić information content (AvgIpc) is 2.58. The average molecular weight is 251 g/mol. The normalized spacial score (nSPS) is 38.7. The van der Waals surface area contributed by atoms with E-state index in [-0.39, 0.29) is 0 Å². The lowest BCUT2D eigenvalue weighted by molar-refractivity contribution is 0.109. The minimum absolute atomic E-state index is 0.405. The fourth-order valence-electron chi connectivity index (χ4n) is 4.10. The van der Waals surface area contributed by atoms with Crippen molar-refractivity contribution >= 4 is 0 Å². The highest BCUT2D eigenvalue weighted by molar-refractivity contribution is 5.13. The number of rotatable bonds is 4. The SMILES string of the molecule is CC(C)C(C)(C)CNC1CC2CCC1(C)C2(C)C. The van der Waals surface area contributed by atoms with Gasteiger partial charge in [-0.2, -0.15) is 0 Å². The number of hydrogen-bond donors (Lipinski definition) is 1. The van der Waals surface area contributed by atoms with Crippen LogP contribution in [0.4, 0.5) is 0 Å². The number of fused-ring (bicyclic) bond motifs is 2. The Hall–Kier alpha value is -0.0400. The van der Waals surface area contributed by atoms with Crippen LogP contribution in [0.25, 0.3) is 0 Å². The van der Waals surface area contributed by atoms with Crippen molar-refractivity contribution in [3.05, 3.63) is 0 Å². The summed E-state index contributed by atoms with van der Waals surface area (Å²) in [4.78, 5) is 0. The topological polar surface area (TPSA) is 12.0 Å². The predicted octanol–water partition coefficient (Wildman–Crippen LogP) is 4.47. The summed E-state index contributed by atoms with van der Waals surface area (Å²) in [6.07, 6.45) is 4.28. The van der Waals surface area contributed by atoms with E-state index in [1.165, 1.54) is 19.3 Å². The molecule has 2 rings (SSSR count). The van der Waals surface area contributed by atoms with Crippen molar-refractivity contribution in [1.82, 2.24) is 5.32 Å². The fraction of sp³-hybridized carbons (Fsp3) is 1.00. The zero-order valence-electron chi connectivity index (χ0n) is 13.6. The van der Waals surface area contributed by atoms with Crippen LogP contribution in [0.3, 0.4) is 0 Å². The van der Waals surface area contributed by atoms with Crippen molar-refractivity contribution in [3.63, 3.8) is 0 Å². The molecule has 0 saturated heterocycles. The molecule has 2 aliphatic carbocycles. The van der Waals surface area contributed by atoms with E-state index < -0.39 is 0 Å². The molecule has 3 unspecified atom stereocenters. The molecule has 2 fully saturated rings. The predicted molar refractivity (Wildman–Crippen MR) is 79.6 cm³/mol. The Balaban J connectivity index is 2.01. The van der Waals surface area contributed by atoms with E-state index in [0.29, 0.717) is 16.2 Å². The van der Waals surface area contributed by atoms with Gasteiger partial charge in [0.2, 0.25) is 0 Å². The third-order valence-electron chi connectivity index (χ3n) is 7.16. The second-order valence-electron chi connectivity index (χ2n) is 8.69. The largest absolute Gasteiger partial charge is 0.313 e. The molecule has 3 atom stereocenters. The van der Waals surface area contributed by atoms with E-state index in [4.69, 9.17) is 0 Å². The molecule has 0 aromatic carbocycles. The van der Waals surface area contributed by atoms with Gasteiger partial charge in [-0.1, -0.05) is 48.5 Å². The quantitative estimate of drug-likeness (QED) is 0.777. The van der Waals surface area contributed by atoms with Gasteiger partial charge >= 0.3 is 0 Å². The smallest absolute Gasteiger partial charge is 0.0129 e. The molecular formula is C17H33N. The lowest BCUT2D eigenvalue weighted by Crippen LogP contribution is -2.48. The van der Waals surface area contributed by atoms with E-state index >= 15 is 0 Å². The lowest BCUT2D eigenvalue weighted by atomic mass is 9.69. The minimum Gasteiger partial charge on any atom is -0.313 e. The second-order valence-corrected chi connectivity index (χ2v) is 8.69. The van der Waals surface area contributed by atoms with Crippen LogP contribution in [0.1, 0.15) is 67.7 Å². The zero-order chi connectivity index (χ0) is 13.8. The molecule has 0 heterocycles. The second kappa shape index (κ2) is 4.23. The van der Waals surface area contributed by atoms with Crippen LogP contribution in [0.2, 0.25) is 0 Å². The fourth-order valence-corrected chi connectivity index (χ4v) is 4.10. The summed E-state index contributed by atoms with van der Waals surface area (Å²) in [5.74, 6) is 1.69. The van der Waals surface area contributed by atoms with E-state index in [9.17, 15) is 0 Å². The highest BCUT2D eigenvalue weighted by atomic mass is 15.0. The van der Waals surface area contributed by atoms with Crippen molar-refractivity contribution in [2.75, 3.05) is 6.54 Å². The first-order valence-corrected chi connectivity index (χ1v) is 7.84. The van der Waals surface area contributed by atoms with E-state index in [1.807, 2.05) is 0 Å². The third-order valence-corrected chi connectivity index (χ3v) is 7.16.